The zero-order valence-electron chi connectivity index (χ0n) is 18.4. The van der Waals surface area contributed by atoms with Gasteiger partial charge in [0.05, 0.1) is 0 Å². The summed E-state index contributed by atoms with van der Waals surface area (Å²) in [5.41, 5.74) is 3.35. The number of hydrogen-bond donors (Lipinski definition) is 0. The first kappa shape index (κ1) is 24.1. The molecule has 5 heteroatoms. The number of esters is 2. The van der Waals surface area contributed by atoms with Gasteiger partial charge in [0.25, 0.3) is 0 Å². The van der Waals surface area contributed by atoms with Crippen molar-refractivity contribution in [1.29, 1.82) is 0 Å². The molecule has 0 aliphatic carbocycles. The monoisotopic (exact) mass is 454 g/mol. The molecule has 0 saturated carbocycles. The average molecular weight is 454 g/mol. The van der Waals surface area contributed by atoms with Crippen molar-refractivity contribution in [3.8, 4) is 5.75 Å². The van der Waals surface area contributed by atoms with Crippen LogP contribution in [0.2, 0.25) is 0 Å². The third-order valence-electron chi connectivity index (χ3n) is 4.81. The van der Waals surface area contributed by atoms with Gasteiger partial charge in [0.2, 0.25) is 0 Å². The first-order valence-electron chi connectivity index (χ1n) is 10.5. The van der Waals surface area contributed by atoms with E-state index in [1.54, 1.807) is 54.6 Å². The molecular weight excluding hydrogens is 431 g/mol. The highest BCUT2D eigenvalue weighted by atomic mass is 19.1. The van der Waals surface area contributed by atoms with Crippen molar-refractivity contribution >= 4 is 36.2 Å². The van der Waals surface area contributed by atoms with E-state index in [1.165, 1.54) is 6.07 Å². The maximum Gasteiger partial charge on any atom is 0.335 e. The Bertz CT molecular complexity index is 1270. The Morgan fingerprint density at radius 2 is 1.41 bits per heavy atom. The third kappa shape index (κ3) is 6.74. The molecule has 0 aromatic heterocycles. The highest BCUT2D eigenvalue weighted by Gasteiger charge is 2.06. The van der Waals surface area contributed by atoms with Crippen molar-refractivity contribution in [3.05, 3.63) is 126 Å². The largest absolute Gasteiger partial charge is 0.458 e. The lowest BCUT2D eigenvalue weighted by molar-refractivity contribution is -0.139. The number of para-hydroxylation sites is 1. The Balaban J connectivity index is 1.75. The molecule has 0 saturated heterocycles. The molecule has 0 heterocycles. The fraction of sp³-hybridized carbons (Fsp3) is 0.0345. The van der Waals surface area contributed by atoms with Crippen LogP contribution in [0.1, 0.15) is 27.8 Å². The van der Waals surface area contributed by atoms with Crippen LogP contribution in [0.4, 0.5) is 4.39 Å². The van der Waals surface area contributed by atoms with E-state index >= 15 is 0 Å². The molecule has 0 amide bonds. The molecule has 0 radical (unpaired) electrons. The number of hydrogen-bond acceptors (Lipinski definition) is 4. The van der Waals surface area contributed by atoms with Gasteiger partial charge in [-0.3, -0.25) is 0 Å². The summed E-state index contributed by atoms with van der Waals surface area (Å²) in [4.78, 5) is 22.8. The minimum absolute atomic E-state index is 0.0984. The van der Waals surface area contributed by atoms with Crippen molar-refractivity contribution in [1.82, 2.24) is 0 Å². The predicted molar refractivity (Wildman–Crippen MR) is 133 cm³/mol. The molecule has 0 atom stereocenters. The Labute approximate surface area is 198 Å². The minimum Gasteiger partial charge on any atom is -0.458 e. The van der Waals surface area contributed by atoms with Crippen molar-refractivity contribution in [2.45, 2.75) is 6.61 Å². The summed E-state index contributed by atoms with van der Waals surface area (Å²) in [6.07, 6.45) is 9.12. The summed E-state index contributed by atoms with van der Waals surface area (Å²) in [5, 5.41) is 0. The molecule has 34 heavy (non-hydrogen) atoms. The summed E-state index contributed by atoms with van der Waals surface area (Å²) in [6, 6.07) is 19.3. The number of benzene rings is 3. The molecule has 3 aromatic rings. The van der Waals surface area contributed by atoms with E-state index in [9.17, 15) is 14.0 Å². The summed E-state index contributed by atoms with van der Waals surface area (Å²) < 4.78 is 25.1. The second-order valence-electron chi connectivity index (χ2n) is 7.12. The second kappa shape index (κ2) is 11.9. The summed E-state index contributed by atoms with van der Waals surface area (Å²) in [5.74, 6) is -1.06. The van der Waals surface area contributed by atoms with Crippen molar-refractivity contribution in [2.24, 2.45) is 0 Å². The third-order valence-corrected chi connectivity index (χ3v) is 4.81. The van der Waals surface area contributed by atoms with Gasteiger partial charge in [-0.15, -0.1) is 0 Å². The van der Waals surface area contributed by atoms with Crippen LogP contribution in [0, 0.1) is 5.82 Å². The molecule has 170 valence electrons. The lowest BCUT2D eigenvalue weighted by Crippen LogP contribution is -2.03. The first-order chi connectivity index (χ1) is 16.5. The van der Waals surface area contributed by atoms with Crippen molar-refractivity contribution in [3.63, 3.8) is 0 Å². The summed E-state index contributed by atoms with van der Waals surface area (Å²) in [6.45, 7) is 6.87. The van der Waals surface area contributed by atoms with Crippen LogP contribution >= 0.6 is 0 Å². The highest BCUT2D eigenvalue weighted by Crippen LogP contribution is 2.22. The molecule has 3 aromatic carbocycles. The van der Waals surface area contributed by atoms with Gasteiger partial charge in [-0.1, -0.05) is 92.1 Å². The molecular formula is C29H23FO4. The van der Waals surface area contributed by atoms with Gasteiger partial charge in [-0.25, -0.2) is 14.0 Å². The Kier molecular flexibility index (Phi) is 8.47. The lowest BCUT2D eigenvalue weighted by Gasteiger charge is -2.06. The fourth-order valence-electron chi connectivity index (χ4n) is 3.05. The number of ether oxygens (including phenoxy) is 2. The molecule has 0 unspecified atom stereocenters. The van der Waals surface area contributed by atoms with Crippen molar-refractivity contribution in [2.75, 3.05) is 0 Å². The molecule has 0 spiro atoms. The predicted octanol–water partition coefficient (Wildman–Crippen LogP) is 6.49. The quantitative estimate of drug-likeness (QED) is 0.161. The fourth-order valence-corrected chi connectivity index (χ4v) is 3.05. The number of rotatable bonds is 9. The topological polar surface area (TPSA) is 52.6 Å². The standard InChI is InChI=1S/C29H23FO4/c1-3-28(31)33-20-25-11-6-5-9-22(25)17-18-23-15-13-21(19-26(23)30)14-16-24-10-7-8-12-27(24)34-29(32)4-2/h3-19H,1-2,20H2/b16-14+,18-17+. The zero-order valence-corrected chi connectivity index (χ0v) is 18.4. The van der Waals surface area contributed by atoms with Gasteiger partial charge in [0.1, 0.15) is 18.2 Å². The Hall–Kier alpha value is -4.51. The number of carbonyl (C=O) groups excluding carboxylic acids is 2. The second-order valence-corrected chi connectivity index (χ2v) is 7.12. The van der Waals surface area contributed by atoms with E-state index in [0.29, 0.717) is 22.4 Å². The Morgan fingerprint density at radius 3 is 2.15 bits per heavy atom. The van der Waals surface area contributed by atoms with E-state index in [2.05, 4.69) is 13.2 Å². The normalized spacial score (nSPS) is 10.9. The van der Waals surface area contributed by atoms with Gasteiger partial charge >= 0.3 is 11.9 Å². The van der Waals surface area contributed by atoms with E-state index in [0.717, 1.165) is 23.3 Å². The van der Waals surface area contributed by atoms with E-state index in [1.807, 2.05) is 30.3 Å². The summed E-state index contributed by atoms with van der Waals surface area (Å²) >= 11 is 0. The van der Waals surface area contributed by atoms with E-state index in [-0.39, 0.29) is 12.4 Å². The van der Waals surface area contributed by atoms with Gasteiger partial charge in [-0.2, -0.15) is 0 Å². The van der Waals surface area contributed by atoms with Gasteiger partial charge in [0.15, 0.2) is 0 Å². The molecule has 0 N–H and O–H groups in total. The van der Waals surface area contributed by atoms with Crippen LogP contribution in [0.25, 0.3) is 24.3 Å². The molecule has 0 fully saturated rings. The van der Waals surface area contributed by atoms with E-state index in [4.69, 9.17) is 9.47 Å². The maximum absolute atomic E-state index is 14.7. The average Bonchev–Trinajstić information content (AvgIpc) is 2.86. The van der Waals surface area contributed by atoms with Crippen LogP contribution in [-0.2, 0) is 20.9 Å². The lowest BCUT2D eigenvalue weighted by atomic mass is 10.0. The number of carbonyl (C=O) groups is 2. The zero-order chi connectivity index (χ0) is 24.3. The van der Waals surface area contributed by atoms with Crippen LogP contribution in [-0.4, -0.2) is 11.9 Å². The smallest absolute Gasteiger partial charge is 0.335 e. The molecule has 0 aliphatic heterocycles. The molecule has 0 bridgehead atoms. The maximum atomic E-state index is 14.7. The minimum atomic E-state index is -0.552. The van der Waals surface area contributed by atoms with Crippen molar-refractivity contribution < 1.29 is 23.5 Å². The SMILES string of the molecule is C=CC(=O)OCc1ccccc1/C=C/c1ccc(/C=C/c2ccccc2OC(=O)C=C)cc1F. The highest BCUT2D eigenvalue weighted by molar-refractivity contribution is 5.85. The first-order valence-corrected chi connectivity index (χ1v) is 10.5. The molecule has 0 aliphatic rings. The van der Waals surface area contributed by atoms with Crippen LogP contribution in [0.3, 0.4) is 0 Å². The number of halogens is 1. The van der Waals surface area contributed by atoms with Crippen LogP contribution in [0.5, 0.6) is 5.75 Å². The van der Waals surface area contributed by atoms with Crippen LogP contribution < -0.4 is 4.74 Å². The summed E-state index contributed by atoms with van der Waals surface area (Å²) in [7, 11) is 0. The van der Waals surface area contributed by atoms with Gasteiger partial charge in [-0.05, 0) is 28.8 Å². The van der Waals surface area contributed by atoms with Gasteiger partial charge < -0.3 is 9.47 Å². The Morgan fingerprint density at radius 1 is 0.765 bits per heavy atom. The van der Waals surface area contributed by atoms with Gasteiger partial charge in [0, 0.05) is 23.3 Å². The molecule has 4 nitrogen and oxygen atoms in total. The van der Waals surface area contributed by atoms with E-state index < -0.39 is 11.9 Å². The molecule has 3 rings (SSSR count). The van der Waals surface area contributed by atoms with Crippen LogP contribution in [0.15, 0.2) is 92.0 Å².